The normalized spacial score (nSPS) is 17.7. The molecule has 1 unspecified atom stereocenters. The Balaban J connectivity index is 1.73. The molecule has 0 radical (unpaired) electrons. The van der Waals surface area contributed by atoms with Crippen molar-refractivity contribution in [3.63, 3.8) is 0 Å². The number of hydrogen-bond donors (Lipinski definition) is 1. The third kappa shape index (κ3) is 3.66. The van der Waals surface area contributed by atoms with Gasteiger partial charge in [-0.2, -0.15) is 0 Å². The van der Waals surface area contributed by atoms with Gasteiger partial charge in [-0.3, -0.25) is 9.69 Å². The summed E-state index contributed by atoms with van der Waals surface area (Å²) in [5, 5.41) is 2.29. The highest BCUT2D eigenvalue weighted by Gasteiger charge is 2.31. The Hall–Kier alpha value is -2.41. The molecule has 1 N–H and O–H groups in total. The molecule has 7 heteroatoms. The second-order valence-corrected chi connectivity index (χ2v) is 5.93. The van der Waals surface area contributed by atoms with Gasteiger partial charge in [0.1, 0.15) is 5.82 Å². The van der Waals surface area contributed by atoms with Crippen molar-refractivity contribution in [2.75, 3.05) is 11.9 Å². The van der Waals surface area contributed by atoms with Gasteiger partial charge in [0.15, 0.2) is 17.5 Å². The predicted molar refractivity (Wildman–Crippen MR) is 84.8 cm³/mol. The van der Waals surface area contributed by atoms with E-state index in [0.29, 0.717) is 18.5 Å². The number of anilines is 1. The molecule has 1 aliphatic heterocycles. The van der Waals surface area contributed by atoms with Gasteiger partial charge < -0.3 is 5.32 Å². The van der Waals surface area contributed by atoms with Gasteiger partial charge in [-0.05, 0) is 37.6 Å². The zero-order chi connectivity index (χ0) is 18.0. The summed E-state index contributed by atoms with van der Waals surface area (Å²) in [5.41, 5.74) is 0.0443. The topological polar surface area (TPSA) is 32.3 Å². The van der Waals surface area contributed by atoms with Crippen LogP contribution in [0.3, 0.4) is 0 Å². The summed E-state index contributed by atoms with van der Waals surface area (Å²) < 4.78 is 53.8. The van der Waals surface area contributed by atoms with Crippen molar-refractivity contribution < 1.29 is 22.4 Å². The van der Waals surface area contributed by atoms with E-state index in [4.69, 9.17) is 0 Å². The number of benzene rings is 2. The molecule has 0 aliphatic carbocycles. The highest BCUT2D eigenvalue weighted by molar-refractivity contribution is 5.95. The van der Waals surface area contributed by atoms with E-state index in [0.717, 1.165) is 18.6 Å². The molecular weight excluding hydrogens is 336 g/mol. The van der Waals surface area contributed by atoms with Crippen LogP contribution < -0.4 is 5.32 Å². The molecule has 1 amide bonds. The lowest BCUT2D eigenvalue weighted by Gasteiger charge is -2.24. The average Bonchev–Trinajstić information content (AvgIpc) is 3.06. The molecule has 0 bridgehead atoms. The maximum atomic E-state index is 13.8. The minimum absolute atomic E-state index is 0.241. The van der Waals surface area contributed by atoms with Crippen LogP contribution in [0.1, 0.15) is 18.4 Å². The first-order chi connectivity index (χ1) is 12.0. The third-order valence-electron chi connectivity index (χ3n) is 4.29. The first kappa shape index (κ1) is 17.4. The Labute approximate surface area is 142 Å². The summed E-state index contributed by atoms with van der Waals surface area (Å²) in [6, 6.07) is 7.40. The fraction of sp³-hybridized carbons (Fsp3) is 0.278. The van der Waals surface area contributed by atoms with Crippen LogP contribution in [0, 0.1) is 23.3 Å². The van der Waals surface area contributed by atoms with Gasteiger partial charge in [-0.25, -0.2) is 17.6 Å². The van der Waals surface area contributed by atoms with Crippen LogP contribution in [-0.4, -0.2) is 23.4 Å². The number of halogens is 4. The van der Waals surface area contributed by atoms with E-state index >= 15 is 0 Å². The average molecular weight is 352 g/mol. The van der Waals surface area contributed by atoms with Crippen LogP contribution in [0.4, 0.5) is 23.2 Å². The van der Waals surface area contributed by atoms with Gasteiger partial charge in [0.05, 0.1) is 11.7 Å². The first-order valence-electron chi connectivity index (χ1n) is 7.89. The van der Waals surface area contributed by atoms with Gasteiger partial charge in [0, 0.05) is 12.1 Å². The number of carbonyl (C=O) groups is 1. The lowest BCUT2D eigenvalue weighted by molar-refractivity contribution is -0.120. The molecule has 132 valence electrons. The van der Waals surface area contributed by atoms with Gasteiger partial charge in [-0.1, -0.05) is 18.2 Å². The van der Waals surface area contributed by atoms with Crippen molar-refractivity contribution in [2.45, 2.75) is 25.4 Å². The molecule has 1 saturated heterocycles. The zero-order valence-corrected chi connectivity index (χ0v) is 13.2. The van der Waals surface area contributed by atoms with E-state index in [2.05, 4.69) is 5.32 Å². The molecule has 1 fully saturated rings. The zero-order valence-electron chi connectivity index (χ0n) is 13.2. The lowest BCUT2D eigenvalue weighted by atomic mass is 10.1. The van der Waals surface area contributed by atoms with Crippen molar-refractivity contribution in [1.82, 2.24) is 4.90 Å². The molecule has 25 heavy (non-hydrogen) atoms. The number of hydrogen-bond acceptors (Lipinski definition) is 2. The lowest BCUT2D eigenvalue weighted by Crippen LogP contribution is -2.39. The molecule has 0 spiro atoms. The second kappa shape index (κ2) is 7.23. The predicted octanol–water partition coefficient (Wildman–Crippen LogP) is 3.85. The maximum absolute atomic E-state index is 13.8. The summed E-state index contributed by atoms with van der Waals surface area (Å²) in [4.78, 5) is 14.2. The second-order valence-electron chi connectivity index (χ2n) is 5.93. The van der Waals surface area contributed by atoms with Crippen LogP contribution >= 0.6 is 0 Å². The molecule has 0 aromatic heterocycles. The number of nitrogens with zero attached hydrogens (tertiary/aromatic N) is 1. The highest BCUT2D eigenvalue weighted by Crippen LogP contribution is 2.24. The molecule has 3 nitrogen and oxygen atoms in total. The van der Waals surface area contributed by atoms with Crippen molar-refractivity contribution >= 4 is 11.6 Å². The van der Waals surface area contributed by atoms with Crippen LogP contribution in [0.5, 0.6) is 0 Å². The monoisotopic (exact) mass is 352 g/mol. The third-order valence-corrected chi connectivity index (χ3v) is 4.29. The smallest absolute Gasteiger partial charge is 0.241 e. The molecule has 1 aliphatic rings. The van der Waals surface area contributed by atoms with E-state index in [1.165, 1.54) is 6.07 Å². The van der Waals surface area contributed by atoms with Crippen molar-refractivity contribution in [3.05, 3.63) is 65.2 Å². The van der Waals surface area contributed by atoms with E-state index in [9.17, 15) is 22.4 Å². The van der Waals surface area contributed by atoms with Crippen LogP contribution in [0.2, 0.25) is 0 Å². The standard InChI is InChI=1S/C18H16F4N2O/c19-12-5-2-1-4-11(12)10-24-9-3-6-15(24)18(25)23-14-8-7-13(20)16(21)17(14)22/h1-2,4-5,7-8,15H,3,6,9-10H2,(H,23,25). The van der Waals surface area contributed by atoms with Crippen molar-refractivity contribution in [1.29, 1.82) is 0 Å². The number of nitrogens with one attached hydrogen (secondary N) is 1. The quantitative estimate of drug-likeness (QED) is 0.670. The summed E-state index contributed by atoms with van der Waals surface area (Å²) in [6.45, 7) is 0.831. The number of rotatable bonds is 4. The number of amides is 1. The van der Waals surface area contributed by atoms with Crippen LogP contribution in [-0.2, 0) is 11.3 Å². The van der Waals surface area contributed by atoms with E-state index < -0.39 is 35.1 Å². The molecule has 0 saturated carbocycles. The fourth-order valence-corrected chi connectivity index (χ4v) is 3.00. The van der Waals surface area contributed by atoms with E-state index in [1.54, 1.807) is 23.1 Å². The summed E-state index contributed by atoms with van der Waals surface area (Å²) >= 11 is 0. The molecule has 1 heterocycles. The van der Waals surface area contributed by atoms with Crippen LogP contribution in [0.15, 0.2) is 36.4 Å². The Morgan fingerprint density at radius 1 is 1.04 bits per heavy atom. The number of carbonyl (C=O) groups excluding carboxylic acids is 1. The molecule has 2 aromatic rings. The van der Waals surface area contributed by atoms with Gasteiger partial charge in [-0.15, -0.1) is 0 Å². The Morgan fingerprint density at radius 2 is 1.80 bits per heavy atom. The molecular formula is C18H16F4N2O. The Bertz CT molecular complexity index is 797. The minimum Gasteiger partial charge on any atom is -0.322 e. The molecule has 2 aromatic carbocycles. The largest absolute Gasteiger partial charge is 0.322 e. The highest BCUT2D eigenvalue weighted by atomic mass is 19.2. The Kier molecular flexibility index (Phi) is 5.03. The minimum atomic E-state index is -1.63. The fourth-order valence-electron chi connectivity index (χ4n) is 3.00. The van der Waals surface area contributed by atoms with Crippen LogP contribution in [0.25, 0.3) is 0 Å². The number of likely N-dealkylation sites (tertiary alicyclic amines) is 1. The SMILES string of the molecule is O=C(Nc1ccc(F)c(F)c1F)C1CCCN1Cc1ccccc1F. The molecule has 3 rings (SSSR count). The summed E-state index contributed by atoms with van der Waals surface area (Å²) in [6.07, 6.45) is 1.25. The first-order valence-corrected chi connectivity index (χ1v) is 7.89. The van der Waals surface area contributed by atoms with Gasteiger partial charge >= 0.3 is 0 Å². The summed E-state index contributed by atoms with van der Waals surface area (Å²) in [5.74, 6) is -5.28. The van der Waals surface area contributed by atoms with E-state index in [1.807, 2.05) is 0 Å². The van der Waals surface area contributed by atoms with Gasteiger partial charge in [0.2, 0.25) is 5.91 Å². The molecule has 1 atom stereocenters. The van der Waals surface area contributed by atoms with Crippen molar-refractivity contribution in [3.8, 4) is 0 Å². The summed E-state index contributed by atoms with van der Waals surface area (Å²) in [7, 11) is 0. The van der Waals surface area contributed by atoms with E-state index in [-0.39, 0.29) is 12.4 Å². The van der Waals surface area contributed by atoms with Crippen molar-refractivity contribution in [2.24, 2.45) is 0 Å². The Morgan fingerprint density at radius 3 is 2.56 bits per heavy atom. The van der Waals surface area contributed by atoms with Gasteiger partial charge in [0.25, 0.3) is 0 Å². The maximum Gasteiger partial charge on any atom is 0.241 e.